The van der Waals surface area contributed by atoms with Gasteiger partial charge in [-0.15, -0.1) is 0 Å². The number of aliphatic hydroxyl groups excluding tert-OH is 11. The van der Waals surface area contributed by atoms with Crippen LogP contribution in [0.25, 0.3) is 11.2 Å². The molecule has 0 saturated carbocycles. The van der Waals surface area contributed by atoms with Gasteiger partial charge in [0.2, 0.25) is 11.9 Å². The minimum absolute atomic E-state index is 0.0949. The number of amides is 2. The highest BCUT2D eigenvalue weighted by Gasteiger charge is 2.61. The topological polar surface area (TPSA) is 516 Å². The number of anilines is 1. The maximum absolute atomic E-state index is 14.4. The van der Waals surface area contributed by atoms with Crippen LogP contribution in [0, 0.1) is 0 Å². The summed E-state index contributed by atoms with van der Waals surface area (Å²) in [6.07, 6.45) is -31.6. The lowest BCUT2D eigenvalue weighted by Gasteiger charge is -2.51. The van der Waals surface area contributed by atoms with E-state index in [4.69, 9.17) is 43.6 Å². The third-order valence-corrected chi connectivity index (χ3v) is 13.8. The average molecular weight is 1140 g/mol. The first-order chi connectivity index (χ1) is 37.5. The number of aromatic amines is 1. The fraction of sp³-hybridized carbons (Fsp3) is 0.783. The molecule has 21 atom stereocenters. The summed E-state index contributed by atoms with van der Waals surface area (Å²) in [4.78, 5) is 78.3. The van der Waals surface area contributed by atoms with Crippen molar-refractivity contribution in [2.75, 3.05) is 39.3 Å². The van der Waals surface area contributed by atoms with E-state index in [2.05, 4.69) is 35.3 Å². The van der Waals surface area contributed by atoms with E-state index < -0.39 is 189 Å². The minimum atomic E-state index is -3.20. The molecule has 6 rings (SSSR count). The molecule has 4 aliphatic heterocycles. The molecule has 0 spiro atoms. The number of unbranched alkanes of at least 4 members (excludes halogenated alkanes) is 5. The van der Waals surface area contributed by atoms with Crippen LogP contribution in [0.4, 0.5) is 5.95 Å². The number of H-pyrrole nitrogens is 1. The lowest BCUT2D eigenvalue weighted by molar-refractivity contribution is -0.391. The number of methoxy groups -OCH3 is 1. The van der Waals surface area contributed by atoms with Crippen molar-refractivity contribution in [2.24, 2.45) is 0 Å². The summed E-state index contributed by atoms with van der Waals surface area (Å²) in [6, 6.07) is -3.39. The Morgan fingerprint density at radius 3 is 2.10 bits per heavy atom. The zero-order chi connectivity index (χ0) is 58.0. The third kappa shape index (κ3) is 15.0. The monoisotopic (exact) mass is 1140 g/mol. The molecular formula is C46H71N7O26. The number of aromatic nitrogens is 4. The SMILES string of the molecule is COC(=O)CCCCCCCCO[C@@H]1OC(CO)[C@@H](OC2OC(CO)[C@H](O)C(O[C@]3(C(=O)O)CC(O)[C@@H](NC(C)=O)C(C(O)C(O)CO)O3)C2O)C(O[C@@H]2OC(C)[C@@H](O)C(O)C2O)C1NC(=O)c1cnc2nc(N)[nH]c(=O)c2n1. The average Bonchev–Trinajstić information content (AvgIpc) is 3.58. The molecule has 0 bridgehead atoms. The number of ether oxygens (including phenoxy) is 9. The lowest BCUT2D eigenvalue weighted by Crippen LogP contribution is -2.71. The summed E-state index contributed by atoms with van der Waals surface area (Å²) >= 11 is 0. The van der Waals surface area contributed by atoms with E-state index in [1.54, 1.807) is 0 Å². The van der Waals surface area contributed by atoms with Crippen LogP contribution >= 0.6 is 0 Å². The summed E-state index contributed by atoms with van der Waals surface area (Å²) in [5.74, 6) is -7.82. The second kappa shape index (κ2) is 28.2. The molecule has 0 aliphatic carbocycles. The summed E-state index contributed by atoms with van der Waals surface area (Å²) < 4.78 is 52.8. The number of nitrogens with zero attached hydrogens (tertiary/aromatic N) is 3. The van der Waals surface area contributed by atoms with Crippen LogP contribution in [-0.4, -0.2) is 267 Å². The van der Waals surface area contributed by atoms with Crippen LogP contribution in [0.15, 0.2) is 11.0 Å². The number of nitrogens with one attached hydrogen (secondary N) is 3. The van der Waals surface area contributed by atoms with Gasteiger partial charge in [-0.05, 0) is 19.8 Å². The summed E-state index contributed by atoms with van der Waals surface area (Å²) in [6.45, 7) is -1.02. The first kappa shape index (κ1) is 63.3. The number of carboxylic acids is 1. The van der Waals surface area contributed by atoms with E-state index in [1.807, 2.05) is 0 Å². The van der Waals surface area contributed by atoms with Gasteiger partial charge in [0, 0.05) is 26.4 Å². The smallest absolute Gasteiger partial charge is 0.364 e. The van der Waals surface area contributed by atoms with E-state index >= 15 is 0 Å². The van der Waals surface area contributed by atoms with Crippen molar-refractivity contribution >= 4 is 40.9 Å². The Hall–Kier alpha value is -4.86. The Bertz CT molecular complexity index is 2410. The van der Waals surface area contributed by atoms with E-state index in [0.717, 1.165) is 26.0 Å². The number of carboxylic acid groups (broad SMARTS) is 1. The molecule has 4 saturated heterocycles. The van der Waals surface area contributed by atoms with Crippen LogP contribution in [0.2, 0.25) is 0 Å². The van der Waals surface area contributed by atoms with Crippen LogP contribution in [0.3, 0.4) is 0 Å². The normalized spacial score (nSPS) is 35.8. The quantitative estimate of drug-likeness (QED) is 0.0324. The first-order valence-corrected chi connectivity index (χ1v) is 25.4. The van der Waals surface area contributed by atoms with Crippen molar-refractivity contribution in [1.82, 2.24) is 30.6 Å². The van der Waals surface area contributed by atoms with E-state index in [1.165, 1.54) is 14.0 Å². The van der Waals surface area contributed by atoms with Crippen molar-refractivity contribution in [3.8, 4) is 0 Å². The van der Waals surface area contributed by atoms with Gasteiger partial charge in [-0.3, -0.25) is 24.2 Å². The second-order valence-electron chi connectivity index (χ2n) is 19.5. The number of fused-ring (bicyclic) bond motifs is 1. The molecule has 33 nitrogen and oxygen atoms in total. The Morgan fingerprint density at radius 1 is 0.810 bits per heavy atom. The molecule has 17 N–H and O–H groups in total. The highest BCUT2D eigenvalue weighted by Crippen LogP contribution is 2.39. The zero-order valence-corrected chi connectivity index (χ0v) is 43.1. The van der Waals surface area contributed by atoms with Gasteiger partial charge >= 0.3 is 11.9 Å². The second-order valence-corrected chi connectivity index (χ2v) is 19.5. The van der Waals surface area contributed by atoms with Gasteiger partial charge in [0.1, 0.15) is 91.1 Å². The summed E-state index contributed by atoms with van der Waals surface area (Å²) in [7, 11) is 1.30. The number of aliphatic carboxylic acids is 1. The number of aliphatic hydroxyl groups is 11. The molecule has 4 fully saturated rings. The van der Waals surface area contributed by atoms with Gasteiger partial charge in [0.05, 0.1) is 51.4 Å². The highest BCUT2D eigenvalue weighted by molar-refractivity contribution is 5.93. The molecule has 2 amide bonds. The number of hydrogen-bond acceptors (Lipinski definition) is 29. The molecular weight excluding hydrogens is 1070 g/mol. The number of carbonyl (C=O) groups is 4. The highest BCUT2D eigenvalue weighted by atomic mass is 16.8. The molecule has 0 aromatic carbocycles. The van der Waals surface area contributed by atoms with Crippen molar-refractivity contribution in [3.05, 3.63) is 22.2 Å². The predicted molar refractivity (Wildman–Crippen MR) is 257 cm³/mol. The zero-order valence-electron chi connectivity index (χ0n) is 43.1. The summed E-state index contributed by atoms with van der Waals surface area (Å²) in [5, 5.41) is 136. The van der Waals surface area contributed by atoms with Crippen LogP contribution < -0.4 is 21.9 Å². The number of nitrogens with two attached hydrogens (primary N) is 1. The number of hydrogen-bond donors (Lipinski definition) is 16. The van der Waals surface area contributed by atoms with Crippen LogP contribution in [0.1, 0.15) is 75.7 Å². The minimum Gasteiger partial charge on any atom is -0.477 e. The standard InChI is InChI=1S/C46H71N7O26/c1-17-28(61)31(64)32(65)42(73-17)77-36-26(51-39(67)19-13-48-38-27(50-19)40(68)53-45(47)52-38)41(72-11-9-7-5-4-6-8-10-24(60)71-3)75-23(16-56)34(36)76-43-33(66)37(30(63)22(15-55)74-43)79-46(44(69)70)12-20(58)25(49-18(2)57)35(78-46)29(62)21(59)14-54/h13,17,20-23,25-26,28-37,41-43,54-56,58-59,61-66H,4-12,14-16H2,1-3H3,(H,49,57)(H,51,67)(H,69,70)(H3,47,48,52,53,68)/t17?,20?,21?,22?,23?,25-,26?,28-,29?,30+,31?,32?,33?,34-,35?,36?,37?,41-,42+,43?,46+/m1/s1. The largest absolute Gasteiger partial charge is 0.477 e. The van der Waals surface area contributed by atoms with E-state index in [9.17, 15) is 85.3 Å². The lowest BCUT2D eigenvalue weighted by atomic mass is 9.88. The molecule has 446 valence electrons. The van der Waals surface area contributed by atoms with Gasteiger partial charge in [-0.2, -0.15) is 4.98 Å². The number of esters is 1. The molecule has 79 heavy (non-hydrogen) atoms. The van der Waals surface area contributed by atoms with Crippen molar-refractivity contribution in [3.63, 3.8) is 0 Å². The molecule has 14 unspecified atom stereocenters. The van der Waals surface area contributed by atoms with E-state index in [-0.39, 0.29) is 30.6 Å². The number of rotatable bonds is 25. The van der Waals surface area contributed by atoms with Crippen molar-refractivity contribution in [1.29, 1.82) is 0 Å². The van der Waals surface area contributed by atoms with Gasteiger partial charge in [0.15, 0.2) is 30.0 Å². The molecule has 4 aliphatic rings. The maximum Gasteiger partial charge on any atom is 0.364 e. The van der Waals surface area contributed by atoms with Crippen molar-refractivity contribution < 1.29 is 123 Å². The number of nitrogen functional groups attached to an aromatic ring is 1. The predicted octanol–water partition coefficient (Wildman–Crippen LogP) is -7.40. The van der Waals surface area contributed by atoms with Crippen LogP contribution in [-0.2, 0) is 57.0 Å². The molecule has 2 aromatic rings. The molecule has 2 aromatic heterocycles. The van der Waals surface area contributed by atoms with E-state index in [0.29, 0.717) is 25.7 Å². The number of carbonyl (C=O) groups excluding carboxylic acids is 3. The summed E-state index contributed by atoms with van der Waals surface area (Å²) in [5.41, 5.74) is 3.60. The Balaban J connectivity index is 1.37. The Labute approximate surface area is 448 Å². The molecule has 6 heterocycles. The van der Waals surface area contributed by atoms with Gasteiger partial charge in [-0.25, -0.2) is 14.8 Å². The van der Waals surface area contributed by atoms with Gasteiger partial charge in [0.25, 0.3) is 17.3 Å². The third-order valence-electron chi connectivity index (χ3n) is 13.8. The Kier molecular flexibility index (Phi) is 22.6. The first-order valence-electron chi connectivity index (χ1n) is 25.4. The van der Waals surface area contributed by atoms with Gasteiger partial charge < -0.3 is 120 Å². The fourth-order valence-corrected chi connectivity index (χ4v) is 9.53. The maximum atomic E-state index is 14.4. The molecule has 33 heteroatoms. The van der Waals surface area contributed by atoms with Crippen molar-refractivity contribution in [2.45, 2.75) is 194 Å². The fourth-order valence-electron chi connectivity index (χ4n) is 9.53. The van der Waals surface area contributed by atoms with Crippen LogP contribution in [0.5, 0.6) is 0 Å². The molecule has 0 radical (unpaired) electrons. The van der Waals surface area contributed by atoms with Gasteiger partial charge in [-0.1, -0.05) is 25.7 Å². The Morgan fingerprint density at radius 2 is 1.46 bits per heavy atom.